The fourth-order valence-electron chi connectivity index (χ4n) is 2.86. The van der Waals surface area contributed by atoms with Crippen molar-refractivity contribution in [1.82, 2.24) is 29.6 Å². The zero-order valence-electron chi connectivity index (χ0n) is 14.1. The molecule has 0 saturated carbocycles. The summed E-state index contributed by atoms with van der Waals surface area (Å²) in [6.45, 7) is 0. The Balaban J connectivity index is 1.66. The van der Waals surface area contributed by atoms with Crippen LogP contribution in [0.3, 0.4) is 0 Å². The Morgan fingerprint density at radius 1 is 0.857 bits per heavy atom. The van der Waals surface area contributed by atoms with Crippen LogP contribution in [0.15, 0.2) is 71.4 Å². The van der Waals surface area contributed by atoms with E-state index in [9.17, 15) is 0 Å². The number of aromatic nitrogens is 6. The average Bonchev–Trinajstić information content (AvgIpc) is 3.38. The molecule has 1 unspecified atom stereocenters. The Labute approximate surface area is 174 Å². The number of hydrogen-bond acceptors (Lipinski definition) is 6. The standard InChI is InChI=1S/C18H11Cl2N7S/c19-13-5-1-11(2-6-13)15-17(26-10-21-9-22-26)28-18-24-23-16(27(18)25-15)12-3-7-14(20)8-4-12/h1-10,17H. The van der Waals surface area contributed by atoms with E-state index in [1.165, 1.54) is 18.1 Å². The van der Waals surface area contributed by atoms with Crippen LogP contribution < -0.4 is 0 Å². The Bertz CT molecular complexity index is 1150. The van der Waals surface area contributed by atoms with Crippen LogP contribution in [0, 0.1) is 0 Å². The van der Waals surface area contributed by atoms with Gasteiger partial charge in [0.2, 0.25) is 5.16 Å². The van der Waals surface area contributed by atoms with Crippen molar-refractivity contribution in [2.24, 2.45) is 5.10 Å². The van der Waals surface area contributed by atoms with Gasteiger partial charge in [-0.1, -0.05) is 47.1 Å². The molecule has 7 nitrogen and oxygen atoms in total. The fraction of sp³-hybridized carbons (Fsp3) is 0.0556. The molecule has 4 aromatic rings. The summed E-state index contributed by atoms with van der Waals surface area (Å²) in [6.07, 6.45) is 3.16. The molecule has 0 amide bonds. The quantitative estimate of drug-likeness (QED) is 0.484. The first kappa shape index (κ1) is 17.4. The van der Waals surface area contributed by atoms with Gasteiger partial charge in [-0.15, -0.1) is 10.2 Å². The summed E-state index contributed by atoms with van der Waals surface area (Å²) in [4.78, 5) is 4.06. The zero-order valence-corrected chi connectivity index (χ0v) is 16.5. The van der Waals surface area contributed by atoms with Crippen LogP contribution in [-0.2, 0) is 0 Å². The molecule has 3 heterocycles. The summed E-state index contributed by atoms with van der Waals surface area (Å²) >= 11 is 13.6. The van der Waals surface area contributed by atoms with Crippen LogP contribution in [0.4, 0.5) is 0 Å². The van der Waals surface area contributed by atoms with E-state index in [-0.39, 0.29) is 5.37 Å². The molecule has 0 saturated heterocycles. The summed E-state index contributed by atoms with van der Waals surface area (Å²) in [5.74, 6) is 0.641. The molecule has 2 aromatic heterocycles. The van der Waals surface area contributed by atoms with Crippen LogP contribution in [0.2, 0.25) is 10.0 Å². The third kappa shape index (κ3) is 3.09. The topological polar surface area (TPSA) is 73.8 Å². The molecule has 28 heavy (non-hydrogen) atoms. The molecule has 5 rings (SSSR count). The Morgan fingerprint density at radius 3 is 2.18 bits per heavy atom. The second-order valence-corrected chi connectivity index (χ2v) is 7.88. The SMILES string of the molecule is Clc1ccc(C2=Nn3c(nnc3-c3ccc(Cl)cc3)SC2n2cncn2)cc1. The van der Waals surface area contributed by atoms with Gasteiger partial charge in [0, 0.05) is 21.2 Å². The van der Waals surface area contributed by atoms with E-state index in [1.807, 2.05) is 48.5 Å². The van der Waals surface area contributed by atoms with Gasteiger partial charge in [0.1, 0.15) is 18.4 Å². The molecule has 10 heteroatoms. The van der Waals surface area contributed by atoms with Crippen molar-refractivity contribution >= 4 is 40.7 Å². The molecule has 0 radical (unpaired) electrons. The molecule has 1 atom stereocenters. The normalized spacial score (nSPS) is 15.9. The Kier molecular flexibility index (Phi) is 4.38. The maximum absolute atomic E-state index is 6.06. The Hall–Kier alpha value is -2.68. The molecular formula is C18H11Cl2N7S. The van der Waals surface area contributed by atoms with E-state index in [4.69, 9.17) is 28.3 Å². The largest absolute Gasteiger partial charge is 0.233 e. The van der Waals surface area contributed by atoms with Crippen molar-refractivity contribution in [2.45, 2.75) is 10.5 Å². The highest BCUT2D eigenvalue weighted by Crippen LogP contribution is 2.38. The predicted molar refractivity (Wildman–Crippen MR) is 109 cm³/mol. The average molecular weight is 428 g/mol. The molecule has 0 aliphatic carbocycles. The van der Waals surface area contributed by atoms with Crippen LogP contribution in [0.1, 0.15) is 10.9 Å². The number of benzene rings is 2. The molecule has 2 aromatic carbocycles. The van der Waals surface area contributed by atoms with Crippen molar-refractivity contribution in [3.63, 3.8) is 0 Å². The lowest BCUT2D eigenvalue weighted by molar-refractivity contribution is 0.666. The number of halogens is 2. The maximum atomic E-state index is 6.06. The van der Waals surface area contributed by atoms with E-state index in [0.29, 0.717) is 21.0 Å². The molecule has 0 fully saturated rings. The fourth-order valence-corrected chi connectivity index (χ4v) is 4.14. The first-order valence-electron chi connectivity index (χ1n) is 8.26. The van der Waals surface area contributed by atoms with Gasteiger partial charge in [-0.25, -0.2) is 9.67 Å². The molecule has 1 aliphatic rings. The van der Waals surface area contributed by atoms with E-state index < -0.39 is 0 Å². The molecule has 1 aliphatic heterocycles. The van der Waals surface area contributed by atoms with Gasteiger partial charge >= 0.3 is 0 Å². The summed E-state index contributed by atoms with van der Waals surface area (Å²) < 4.78 is 3.49. The highest BCUT2D eigenvalue weighted by Gasteiger charge is 2.31. The van der Waals surface area contributed by atoms with E-state index in [2.05, 4.69) is 20.3 Å². The van der Waals surface area contributed by atoms with Crippen molar-refractivity contribution in [3.05, 3.63) is 76.8 Å². The smallest absolute Gasteiger partial charge is 0.214 e. The molecular weight excluding hydrogens is 417 g/mol. The minimum Gasteiger partial charge on any atom is -0.233 e. The number of fused-ring (bicyclic) bond motifs is 1. The van der Waals surface area contributed by atoms with Crippen molar-refractivity contribution in [2.75, 3.05) is 0 Å². The number of nitrogens with zero attached hydrogens (tertiary/aromatic N) is 7. The van der Waals surface area contributed by atoms with Gasteiger partial charge in [0.05, 0.1) is 0 Å². The van der Waals surface area contributed by atoms with Crippen LogP contribution in [-0.4, -0.2) is 35.3 Å². The second kappa shape index (κ2) is 7.05. The number of hydrogen-bond donors (Lipinski definition) is 0. The van der Waals surface area contributed by atoms with Gasteiger partial charge < -0.3 is 0 Å². The third-order valence-corrected chi connectivity index (χ3v) is 5.82. The lowest BCUT2D eigenvalue weighted by atomic mass is 10.1. The Morgan fingerprint density at radius 2 is 1.54 bits per heavy atom. The van der Waals surface area contributed by atoms with Crippen LogP contribution >= 0.6 is 35.0 Å². The lowest BCUT2D eigenvalue weighted by Crippen LogP contribution is -2.23. The highest BCUT2D eigenvalue weighted by atomic mass is 35.5. The van der Waals surface area contributed by atoms with E-state index in [1.54, 1.807) is 15.7 Å². The van der Waals surface area contributed by atoms with Crippen molar-refractivity contribution < 1.29 is 0 Å². The van der Waals surface area contributed by atoms with Crippen molar-refractivity contribution in [3.8, 4) is 11.4 Å². The maximum Gasteiger partial charge on any atom is 0.214 e. The lowest BCUT2D eigenvalue weighted by Gasteiger charge is -2.23. The van der Waals surface area contributed by atoms with Gasteiger partial charge in [0.15, 0.2) is 11.2 Å². The number of thioether (sulfide) groups is 1. The van der Waals surface area contributed by atoms with E-state index in [0.717, 1.165) is 16.8 Å². The minimum absolute atomic E-state index is 0.224. The molecule has 0 spiro atoms. The van der Waals surface area contributed by atoms with Crippen LogP contribution in [0.25, 0.3) is 11.4 Å². The summed E-state index contributed by atoms with van der Waals surface area (Å²) in [5.41, 5.74) is 2.61. The zero-order chi connectivity index (χ0) is 19.1. The van der Waals surface area contributed by atoms with Gasteiger partial charge in [-0.3, -0.25) is 0 Å². The van der Waals surface area contributed by atoms with Gasteiger partial charge in [0.25, 0.3) is 0 Å². The van der Waals surface area contributed by atoms with Crippen molar-refractivity contribution in [1.29, 1.82) is 0 Å². The van der Waals surface area contributed by atoms with Crippen LogP contribution in [0.5, 0.6) is 0 Å². The van der Waals surface area contributed by atoms with Gasteiger partial charge in [-0.2, -0.15) is 14.9 Å². The first-order valence-corrected chi connectivity index (χ1v) is 9.89. The molecule has 0 N–H and O–H groups in total. The molecule has 0 bridgehead atoms. The van der Waals surface area contributed by atoms with E-state index >= 15 is 0 Å². The second-order valence-electron chi connectivity index (χ2n) is 5.96. The summed E-state index contributed by atoms with van der Waals surface area (Å²) in [7, 11) is 0. The highest BCUT2D eigenvalue weighted by molar-refractivity contribution is 8.00. The summed E-state index contributed by atoms with van der Waals surface area (Å²) in [5, 5.41) is 19.6. The minimum atomic E-state index is -0.224. The third-order valence-electron chi connectivity index (χ3n) is 4.19. The van der Waals surface area contributed by atoms with Gasteiger partial charge in [-0.05, 0) is 36.4 Å². The first-order chi connectivity index (χ1) is 13.7. The number of rotatable bonds is 3. The predicted octanol–water partition coefficient (Wildman–Crippen LogP) is 4.40. The summed E-state index contributed by atoms with van der Waals surface area (Å²) in [6, 6.07) is 15.0. The monoisotopic (exact) mass is 427 g/mol. The molecule has 138 valence electrons.